The van der Waals surface area contributed by atoms with Gasteiger partial charge >= 0.3 is 5.97 Å². The molecule has 0 aliphatic carbocycles. The minimum absolute atomic E-state index is 0.00515. The Kier molecular flexibility index (Phi) is 6.16. The number of rotatable bonds is 6. The number of para-hydroxylation sites is 1. The number of methoxy groups -OCH3 is 1. The summed E-state index contributed by atoms with van der Waals surface area (Å²) in [4.78, 5) is 38.0. The maximum atomic E-state index is 12.4. The van der Waals surface area contributed by atoms with Crippen LogP contribution in [0.25, 0.3) is 0 Å². The van der Waals surface area contributed by atoms with Crippen LogP contribution in [0.15, 0.2) is 48.5 Å². The number of hydrogen-bond donors (Lipinski definition) is 1. The van der Waals surface area contributed by atoms with Crippen molar-refractivity contribution < 1.29 is 23.9 Å². The van der Waals surface area contributed by atoms with Crippen molar-refractivity contribution in [3.8, 4) is 5.75 Å². The summed E-state index contributed by atoms with van der Waals surface area (Å²) in [5.41, 5.74) is 1.11. The summed E-state index contributed by atoms with van der Waals surface area (Å²) < 4.78 is 10.4. The molecule has 8 heteroatoms. The number of benzene rings is 2. The Balaban J connectivity index is 1.58. The van der Waals surface area contributed by atoms with E-state index in [1.54, 1.807) is 42.5 Å². The molecule has 7 nitrogen and oxygen atoms in total. The van der Waals surface area contributed by atoms with Gasteiger partial charge in [-0.2, -0.15) is 0 Å². The molecule has 146 valence electrons. The summed E-state index contributed by atoms with van der Waals surface area (Å²) in [6.07, 6.45) is -0.00515. The molecule has 1 fully saturated rings. The van der Waals surface area contributed by atoms with Gasteiger partial charge in [-0.3, -0.25) is 14.4 Å². The highest BCUT2D eigenvalue weighted by Crippen LogP contribution is 2.35. The highest BCUT2D eigenvalue weighted by molar-refractivity contribution is 6.31. The first kappa shape index (κ1) is 19.7. The average Bonchev–Trinajstić information content (AvgIpc) is 3.08. The minimum Gasteiger partial charge on any atom is -0.495 e. The first-order valence-corrected chi connectivity index (χ1v) is 9.01. The Morgan fingerprint density at radius 3 is 2.68 bits per heavy atom. The lowest BCUT2D eigenvalue weighted by atomic mass is 10.1. The van der Waals surface area contributed by atoms with Gasteiger partial charge in [0, 0.05) is 23.7 Å². The minimum atomic E-state index is -0.666. The Bertz CT molecular complexity index is 887. The van der Waals surface area contributed by atoms with Crippen molar-refractivity contribution in [3.63, 3.8) is 0 Å². The van der Waals surface area contributed by atoms with Gasteiger partial charge in [0.25, 0.3) is 5.91 Å². The fourth-order valence-corrected chi connectivity index (χ4v) is 3.11. The van der Waals surface area contributed by atoms with Crippen molar-refractivity contribution in [3.05, 3.63) is 53.6 Å². The number of hydrogen-bond acceptors (Lipinski definition) is 5. The summed E-state index contributed by atoms with van der Waals surface area (Å²) >= 11 is 6.02. The van der Waals surface area contributed by atoms with Crippen LogP contribution in [0.4, 0.5) is 11.4 Å². The summed E-state index contributed by atoms with van der Waals surface area (Å²) in [5.74, 6) is -1.47. The van der Waals surface area contributed by atoms with Crippen LogP contribution < -0.4 is 15.0 Å². The normalized spacial score (nSPS) is 16.0. The third-order valence-corrected chi connectivity index (χ3v) is 4.53. The van der Waals surface area contributed by atoms with Gasteiger partial charge < -0.3 is 19.7 Å². The van der Waals surface area contributed by atoms with Crippen LogP contribution >= 0.6 is 11.6 Å². The third kappa shape index (κ3) is 4.61. The van der Waals surface area contributed by atoms with Gasteiger partial charge in [0.1, 0.15) is 5.75 Å². The van der Waals surface area contributed by atoms with E-state index in [-0.39, 0.29) is 18.9 Å². The molecule has 2 aromatic carbocycles. The van der Waals surface area contributed by atoms with Crippen molar-refractivity contribution in [1.82, 2.24) is 0 Å². The molecule has 1 aliphatic heterocycles. The van der Waals surface area contributed by atoms with Crippen LogP contribution in [0.2, 0.25) is 5.02 Å². The first-order valence-electron chi connectivity index (χ1n) is 8.63. The Hall–Kier alpha value is -3.06. The van der Waals surface area contributed by atoms with Gasteiger partial charge in [-0.05, 0) is 30.3 Å². The third-order valence-electron chi connectivity index (χ3n) is 4.29. The zero-order valence-corrected chi connectivity index (χ0v) is 15.9. The molecular weight excluding hydrogens is 384 g/mol. The number of anilines is 2. The second kappa shape index (κ2) is 8.75. The van der Waals surface area contributed by atoms with Crippen molar-refractivity contribution >= 4 is 40.8 Å². The van der Waals surface area contributed by atoms with Crippen molar-refractivity contribution in [2.75, 3.05) is 30.5 Å². The number of carbonyl (C=O) groups excluding carboxylic acids is 3. The lowest BCUT2D eigenvalue weighted by molar-refractivity contribution is -0.151. The van der Waals surface area contributed by atoms with Gasteiger partial charge in [0.2, 0.25) is 5.91 Å². The monoisotopic (exact) mass is 402 g/mol. The van der Waals surface area contributed by atoms with Crippen molar-refractivity contribution in [1.29, 1.82) is 0 Å². The van der Waals surface area contributed by atoms with Crippen LogP contribution in [0.5, 0.6) is 5.75 Å². The lowest BCUT2D eigenvalue weighted by Gasteiger charge is -2.19. The standard InChI is InChI=1S/C20H19ClN2O5/c1-27-17-8-7-14(21)10-16(17)23-11-13(9-19(23)25)20(26)28-12-18(24)22-15-5-3-2-4-6-15/h2-8,10,13H,9,11-12H2,1H3,(H,22,24)/t13-/m0/s1. The van der Waals surface area contributed by atoms with E-state index in [0.29, 0.717) is 22.1 Å². The highest BCUT2D eigenvalue weighted by Gasteiger charge is 2.37. The maximum Gasteiger partial charge on any atom is 0.311 e. The Labute approximate surface area is 167 Å². The fraction of sp³-hybridized carbons (Fsp3) is 0.250. The van der Waals surface area contributed by atoms with E-state index in [1.807, 2.05) is 6.07 Å². The topological polar surface area (TPSA) is 84.9 Å². The molecule has 0 saturated carbocycles. The molecule has 1 N–H and O–H groups in total. The number of nitrogens with zero attached hydrogens (tertiary/aromatic N) is 1. The number of nitrogens with one attached hydrogen (secondary N) is 1. The smallest absolute Gasteiger partial charge is 0.311 e. The Morgan fingerprint density at radius 1 is 1.21 bits per heavy atom. The summed E-state index contributed by atoms with van der Waals surface area (Å²) in [6, 6.07) is 13.8. The number of amides is 2. The molecule has 0 radical (unpaired) electrons. The molecule has 0 unspecified atom stereocenters. The SMILES string of the molecule is COc1ccc(Cl)cc1N1C[C@@H](C(=O)OCC(=O)Nc2ccccc2)CC1=O. The second-order valence-electron chi connectivity index (χ2n) is 6.24. The zero-order valence-electron chi connectivity index (χ0n) is 15.2. The van der Waals surface area contributed by atoms with E-state index in [2.05, 4.69) is 5.32 Å². The zero-order chi connectivity index (χ0) is 20.1. The Morgan fingerprint density at radius 2 is 1.96 bits per heavy atom. The molecular formula is C20H19ClN2O5. The molecule has 1 saturated heterocycles. The molecule has 1 aliphatic rings. The van der Waals surface area contributed by atoms with Gasteiger partial charge in [-0.25, -0.2) is 0 Å². The second-order valence-corrected chi connectivity index (χ2v) is 6.68. The summed E-state index contributed by atoms with van der Waals surface area (Å²) in [6.45, 7) is -0.284. The largest absolute Gasteiger partial charge is 0.495 e. The van der Waals surface area contributed by atoms with Crippen LogP contribution in [0.1, 0.15) is 6.42 Å². The van der Waals surface area contributed by atoms with E-state index in [0.717, 1.165) is 0 Å². The predicted molar refractivity (Wildman–Crippen MR) is 104 cm³/mol. The van der Waals surface area contributed by atoms with E-state index in [4.69, 9.17) is 21.1 Å². The fourth-order valence-electron chi connectivity index (χ4n) is 2.95. The van der Waals surface area contributed by atoms with E-state index in [9.17, 15) is 14.4 Å². The molecule has 1 heterocycles. The molecule has 2 amide bonds. The molecule has 0 spiro atoms. The number of carbonyl (C=O) groups is 3. The first-order chi connectivity index (χ1) is 13.5. The van der Waals surface area contributed by atoms with E-state index >= 15 is 0 Å². The molecule has 3 rings (SSSR count). The van der Waals surface area contributed by atoms with Crippen LogP contribution in [0.3, 0.4) is 0 Å². The van der Waals surface area contributed by atoms with E-state index in [1.165, 1.54) is 12.0 Å². The van der Waals surface area contributed by atoms with Crippen molar-refractivity contribution in [2.45, 2.75) is 6.42 Å². The van der Waals surface area contributed by atoms with Crippen LogP contribution in [-0.4, -0.2) is 38.0 Å². The number of halogens is 1. The van der Waals surface area contributed by atoms with Gasteiger partial charge in [-0.1, -0.05) is 29.8 Å². The average molecular weight is 403 g/mol. The lowest BCUT2D eigenvalue weighted by Crippen LogP contribution is -2.28. The van der Waals surface area contributed by atoms with Crippen LogP contribution in [0, 0.1) is 5.92 Å². The number of ether oxygens (including phenoxy) is 2. The molecule has 0 bridgehead atoms. The van der Waals surface area contributed by atoms with E-state index < -0.39 is 24.4 Å². The quantitative estimate of drug-likeness (QED) is 0.751. The number of esters is 1. The molecule has 0 aromatic heterocycles. The van der Waals surface area contributed by atoms with Gasteiger partial charge in [-0.15, -0.1) is 0 Å². The highest BCUT2D eigenvalue weighted by atomic mass is 35.5. The van der Waals surface area contributed by atoms with Crippen molar-refractivity contribution in [2.24, 2.45) is 5.92 Å². The molecule has 2 aromatic rings. The molecule has 28 heavy (non-hydrogen) atoms. The van der Waals surface area contributed by atoms with Gasteiger partial charge in [0.15, 0.2) is 6.61 Å². The maximum absolute atomic E-state index is 12.4. The molecule has 1 atom stereocenters. The summed E-state index contributed by atoms with van der Waals surface area (Å²) in [7, 11) is 1.49. The summed E-state index contributed by atoms with van der Waals surface area (Å²) in [5, 5.41) is 3.08. The predicted octanol–water partition coefficient (Wildman–Crippen LogP) is 2.88. The van der Waals surface area contributed by atoms with Crippen LogP contribution in [-0.2, 0) is 19.1 Å². The van der Waals surface area contributed by atoms with Gasteiger partial charge in [0.05, 0.1) is 18.7 Å².